The minimum Gasteiger partial charge on any atom is -0.870 e. The second kappa shape index (κ2) is 50.2. The van der Waals surface area contributed by atoms with Crippen molar-refractivity contribution in [3.8, 4) is 17.2 Å². The van der Waals surface area contributed by atoms with Crippen molar-refractivity contribution >= 4 is 242 Å². The fraction of sp³-hybridized carbons (Fsp3) is 0.0800. The number of H-pyrrole nitrogens is 6. The van der Waals surface area contributed by atoms with E-state index in [1.165, 1.54) is 95.9 Å². The summed E-state index contributed by atoms with van der Waals surface area (Å²) in [6.07, 6.45) is 0. The monoisotopic (exact) mass is 2190 g/mol. The number of aromatic nitrogens is 9. The maximum atomic E-state index is 14.7. The molecule has 12 aromatic carbocycles. The molecular formula is C75H48Cl3Li9N22O30S9. The molecule has 0 radical (unpaired) electrons. The molecule has 9 N–H and O–H groups in total. The van der Waals surface area contributed by atoms with Crippen molar-refractivity contribution in [2.24, 2.45) is 60.6 Å². The predicted molar refractivity (Wildman–Crippen MR) is 469 cm³/mol. The van der Waals surface area contributed by atoms with Gasteiger partial charge in [-0.1, -0.05) is 108 Å². The van der Waals surface area contributed by atoms with Gasteiger partial charge in [0.15, 0.2) is 0 Å². The molecule has 15 aromatic rings. The summed E-state index contributed by atoms with van der Waals surface area (Å²) >= 11 is 19.4. The van der Waals surface area contributed by atoms with Crippen LogP contribution in [-0.4, -0.2) is 206 Å². The van der Waals surface area contributed by atoms with E-state index >= 15 is 0 Å². The first-order chi connectivity index (χ1) is 65.0. The van der Waals surface area contributed by atoms with Crippen molar-refractivity contribution in [3.05, 3.63) is 213 Å². The van der Waals surface area contributed by atoms with Crippen LogP contribution in [0.3, 0.4) is 0 Å². The minimum atomic E-state index is -5.85. The molecule has 0 amide bonds. The smallest absolute Gasteiger partial charge is 0.870 e. The Kier molecular flexibility index (Phi) is 43.5. The molecule has 3 aromatic heterocycles. The van der Waals surface area contributed by atoms with E-state index in [9.17, 15) is 132 Å². The fourth-order valence-electron chi connectivity index (χ4n) is 14.0. The first kappa shape index (κ1) is 128. The fourth-order valence-corrected chi connectivity index (χ4v) is 20.5. The molecule has 0 fully saturated rings. The molecule has 73 heteroatoms. The number of hydrogen-bond acceptors (Lipinski definition) is 43. The molecular weight excluding hydrogens is 2150 g/mol. The molecule has 0 aliphatic heterocycles. The first-order valence-electron chi connectivity index (χ1n) is 37.9. The van der Waals surface area contributed by atoms with Crippen LogP contribution in [0.1, 0.15) is 0 Å². The third-order valence-corrected chi connectivity index (χ3v) is 28.1. The number of azo groups is 3. The molecule has 0 saturated carbocycles. The van der Waals surface area contributed by atoms with Crippen molar-refractivity contribution in [1.29, 1.82) is 0 Å². The Labute approximate surface area is 956 Å². The van der Waals surface area contributed by atoms with Crippen LogP contribution >= 0.6 is 34.8 Å². The van der Waals surface area contributed by atoms with Crippen LogP contribution in [0.25, 0.3) is 64.6 Å². The Bertz CT molecular complexity index is 8780. The molecule has 0 atom stereocenters. The maximum Gasteiger partial charge on any atom is 1.00 e. The summed E-state index contributed by atoms with van der Waals surface area (Å²) in [5, 5.41) is 60.3. The maximum absolute atomic E-state index is 14.7. The third kappa shape index (κ3) is 29.6. The SMILES string of the molecule is O=S(=O)([O-])c1cc(N=c2[nH]c(Cl)nc(=NCCN(CCN=c3nc(Cl)[nH]c(=Nc4cc(S(=O)(=O)[O-])cc5cc(S(=O)(=O)[O-])c(N=Nc6ccc7ccccc7c6S(=O)(=O)O)c([O-])c45)[nH]3)CCN=c3nc(Cl)[nH]c(=Nc4cc(S(=O)(=O)[O-])cc5cc(S(=O)(=O)[O-])c(N=Nc6ccc7ccccc7c6S(=O)(=O)O)c([O-])c45)[nH]3)[nH]2)c2c([O-])c(N=Nc3ccc4ccccc4c3S(=O)(=O)O)c(S(=O)(=O)[O-])cc2c1.[Li+].[Li+].[Li+].[Li+].[Li+].[Li+].[Li+].[Li+].[Li+]. The van der Waals surface area contributed by atoms with Gasteiger partial charge in [0.25, 0.3) is 30.4 Å². The van der Waals surface area contributed by atoms with Crippen molar-refractivity contribution in [2.45, 2.75) is 44.1 Å². The largest absolute Gasteiger partial charge is 1.00 e. The van der Waals surface area contributed by atoms with Crippen molar-refractivity contribution in [3.63, 3.8) is 0 Å². The van der Waals surface area contributed by atoms with Crippen LogP contribution in [0.2, 0.25) is 15.9 Å². The average Bonchev–Trinajstić information content (AvgIpc) is 0.750. The van der Waals surface area contributed by atoms with Crippen LogP contribution in [0.5, 0.6) is 17.2 Å². The van der Waals surface area contributed by atoms with E-state index in [-0.39, 0.29) is 222 Å². The molecule has 0 saturated heterocycles. The Balaban J connectivity index is 0.00000372. The quantitative estimate of drug-likeness (QED) is 0.0131. The van der Waals surface area contributed by atoms with Crippen molar-refractivity contribution in [2.75, 3.05) is 39.3 Å². The number of rotatable bonds is 27. The van der Waals surface area contributed by atoms with Crippen LogP contribution in [0.15, 0.2) is 268 Å². The molecule has 722 valence electrons. The zero-order chi connectivity index (χ0) is 101. The van der Waals surface area contributed by atoms with E-state index in [2.05, 4.69) is 105 Å². The zero-order valence-corrected chi connectivity index (χ0v) is 86.8. The molecule has 0 aliphatic rings. The van der Waals surface area contributed by atoms with Crippen LogP contribution in [-0.2, 0) is 91.1 Å². The summed E-state index contributed by atoms with van der Waals surface area (Å²) in [6, 6.07) is 28.3. The topological polar surface area (TPSA) is 860 Å². The molecule has 15 rings (SSSR count). The van der Waals surface area contributed by atoms with Gasteiger partial charge in [-0.2, -0.15) is 40.2 Å². The van der Waals surface area contributed by atoms with Gasteiger partial charge in [-0.25, -0.2) is 80.5 Å². The van der Waals surface area contributed by atoms with E-state index in [1.807, 2.05) is 0 Å². The van der Waals surface area contributed by atoms with Crippen LogP contribution in [0, 0.1) is 0 Å². The Morgan fingerprint density at radius 2 is 0.527 bits per heavy atom. The van der Waals surface area contributed by atoms with Gasteiger partial charge in [-0.15, -0.1) is 30.7 Å². The second-order valence-electron chi connectivity index (χ2n) is 28.7. The van der Waals surface area contributed by atoms with E-state index < -0.39 is 305 Å². The normalized spacial score (nSPS) is 13.2. The molecule has 3 heterocycles. The van der Waals surface area contributed by atoms with Gasteiger partial charge in [0.2, 0.25) is 49.6 Å². The van der Waals surface area contributed by atoms with E-state index in [0.717, 1.165) is 18.2 Å². The molecule has 148 heavy (non-hydrogen) atoms. The van der Waals surface area contributed by atoms with Gasteiger partial charge in [0.05, 0.1) is 83.1 Å². The number of fused-ring (bicyclic) bond motifs is 6. The summed E-state index contributed by atoms with van der Waals surface area (Å²) in [5.74, 6) is -4.67. The Hall–Kier alpha value is -8.37. The average molecular weight is 2190 g/mol. The third-order valence-electron chi connectivity index (χ3n) is 19.7. The second-order valence-corrected chi connectivity index (χ2v) is 42.1. The number of nitrogens with one attached hydrogen (secondary N) is 6. The van der Waals surface area contributed by atoms with E-state index in [4.69, 9.17) is 34.8 Å². The molecule has 0 bridgehead atoms. The molecule has 52 nitrogen and oxygen atoms in total. The number of benzene rings is 12. The van der Waals surface area contributed by atoms with Crippen LogP contribution < -0.4 is 219 Å². The minimum absolute atomic E-state index is 0. The number of halogens is 3. The number of hydrogen-bond donors (Lipinski definition) is 9. The first-order valence-corrected chi connectivity index (χ1v) is 51.8. The van der Waals surface area contributed by atoms with Gasteiger partial charge in [0.1, 0.15) is 92.5 Å². The van der Waals surface area contributed by atoms with Crippen LogP contribution in [0.4, 0.5) is 51.2 Å². The molecule has 0 unspecified atom stereocenters. The summed E-state index contributed by atoms with van der Waals surface area (Å²) in [7, 11) is -50.0. The van der Waals surface area contributed by atoms with Gasteiger partial charge in [-0.3, -0.25) is 33.5 Å². The zero-order valence-electron chi connectivity index (χ0n) is 77.2. The van der Waals surface area contributed by atoms with Gasteiger partial charge in [-0.05, 0) is 140 Å². The predicted octanol–water partition coefficient (Wildman–Crippen LogP) is -21.5. The summed E-state index contributed by atoms with van der Waals surface area (Å²) in [5.41, 5.74) is -11.6. The summed E-state index contributed by atoms with van der Waals surface area (Å²) < 4.78 is 339. The van der Waals surface area contributed by atoms with Gasteiger partial charge >= 0.3 is 170 Å². The standard InChI is InChI=1S/C75H57Cl3N22O30S9.9Li/c76-67-85-70(91-73(88-67)82-49-31-40(131(104,105)106)25-37-28-52(134(113,114)115)58(61(101)55(37)49)97-94-46-16-13-34-7-1-4-10-43(34)64(46)137(122,123)124)79-19-22-100(23-20-80-71-86-68(77)89-74(92-71)83-50-32-41(132(107,108)109)26-38-29-53(135(116,117)118)59(62(102)56(38)50)98-95-47-17-14-35-8-2-5-11-44(35)65(47)138(125,126)127)24-21-81-72-87-69(78)90-75(93-72)84-51-33-42(133(110,111)112)27-39-30-54(136(119,120)121)60(63(103)57(39)51)99-96-48-18-15-36-9-3-6-12-45(36)66(48)139(128,129)130;;;;;;;;;/h1-18,25-33,101-103H,19-24H2,(H,104,105,106)(H,107,108,109)(H,110,111,112)(H,113,114,115)(H,116,117,118)(H,119,120,121)(H,122,123,124)(H,125,126,127)(H,128,129,130)(H2,79,82,85,88,91)(H2,80,83,86,89,92)(H2,81,84,87,90,93);;;;;;;;;/q;9*+1/p-9. The Morgan fingerprint density at radius 1 is 0.291 bits per heavy atom. The van der Waals surface area contributed by atoms with E-state index in [1.54, 1.807) is 0 Å². The van der Waals surface area contributed by atoms with Crippen molar-refractivity contribution < 1.29 is 302 Å². The summed E-state index contributed by atoms with van der Waals surface area (Å²) in [4.78, 5) is 44.4. The summed E-state index contributed by atoms with van der Waals surface area (Å²) in [6.45, 7) is -1.96. The van der Waals surface area contributed by atoms with E-state index in [0.29, 0.717) is 54.6 Å². The number of nitrogens with zero attached hydrogens (tertiary/aromatic N) is 16. The molecule has 0 spiro atoms. The van der Waals surface area contributed by atoms with Crippen molar-refractivity contribution in [1.82, 2.24) is 49.8 Å². The molecule has 0 aliphatic carbocycles. The van der Waals surface area contributed by atoms with Gasteiger partial charge < -0.3 is 57.6 Å². The Morgan fingerprint density at radius 3 is 0.750 bits per heavy atom. The van der Waals surface area contributed by atoms with Gasteiger partial charge in [0, 0.05) is 52.0 Å². The number of aromatic amines is 6.